The predicted octanol–water partition coefficient (Wildman–Crippen LogP) is 1.83. The topological polar surface area (TPSA) is 102 Å². The SMILES string of the molecule is O=[N+]([O-])c1ccc(N2CCC3CCC(C2)N3)c([N+](=O)[O-])c1. The highest BCUT2D eigenvalue weighted by molar-refractivity contribution is 5.67. The number of nitrogens with zero attached hydrogens (tertiary/aromatic N) is 3. The Morgan fingerprint density at radius 3 is 2.57 bits per heavy atom. The van der Waals surface area contributed by atoms with Crippen LogP contribution in [-0.4, -0.2) is 35.0 Å². The molecule has 2 bridgehead atoms. The van der Waals surface area contributed by atoms with Crippen molar-refractivity contribution in [3.8, 4) is 0 Å². The molecule has 1 aromatic carbocycles. The Morgan fingerprint density at radius 2 is 1.86 bits per heavy atom. The molecule has 2 heterocycles. The van der Waals surface area contributed by atoms with Gasteiger partial charge in [-0.15, -0.1) is 0 Å². The molecule has 0 aliphatic carbocycles. The van der Waals surface area contributed by atoms with Crippen molar-refractivity contribution in [1.82, 2.24) is 5.32 Å². The van der Waals surface area contributed by atoms with Crippen molar-refractivity contribution >= 4 is 17.1 Å². The summed E-state index contributed by atoms with van der Waals surface area (Å²) in [5.74, 6) is 0. The molecule has 8 nitrogen and oxygen atoms in total. The van der Waals surface area contributed by atoms with Gasteiger partial charge in [-0.1, -0.05) is 0 Å². The molecular formula is C13H16N4O4. The largest absolute Gasteiger partial charge is 0.364 e. The first-order valence-electron chi connectivity index (χ1n) is 6.98. The van der Waals surface area contributed by atoms with Crippen LogP contribution in [0.3, 0.4) is 0 Å². The predicted molar refractivity (Wildman–Crippen MR) is 76.5 cm³/mol. The lowest BCUT2D eigenvalue weighted by molar-refractivity contribution is -0.393. The van der Waals surface area contributed by atoms with Gasteiger partial charge in [-0.05, 0) is 25.3 Å². The zero-order valence-corrected chi connectivity index (χ0v) is 11.4. The van der Waals surface area contributed by atoms with E-state index in [1.807, 2.05) is 4.90 Å². The number of nitrogens with one attached hydrogen (secondary N) is 1. The average Bonchev–Trinajstić information content (AvgIpc) is 2.77. The normalized spacial score (nSPS) is 24.7. The van der Waals surface area contributed by atoms with E-state index in [0.717, 1.165) is 31.9 Å². The molecule has 2 fully saturated rings. The fourth-order valence-corrected chi connectivity index (χ4v) is 3.20. The van der Waals surface area contributed by atoms with Crippen LogP contribution in [0.4, 0.5) is 17.1 Å². The minimum absolute atomic E-state index is 0.193. The Kier molecular flexibility index (Phi) is 3.46. The minimum atomic E-state index is -0.608. The molecule has 8 heteroatoms. The van der Waals surface area contributed by atoms with Crippen molar-refractivity contribution in [3.05, 3.63) is 38.4 Å². The molecule has 2 aliphatic rings. The lowest BCUT2D eigenvalue weighted by Gasteiger charge is -2.25. The molecular weight excluding hydrogens is 276 g/mol. The number of rotatable bonds is 3. The van der Waals surface area contributed by atoms with E-state index in [4.69, 9.17) is 0 Å². The molecule has 3 rings (SSSR count). The van der Waals surface area contributed by atoms with E-state index >= 15 is 0 Å². The first kappa shape index (κ1) is 13.7. The summed E-state index contributed by atoms with van der Waals surface area (Å²) in [5.41, 5.74) is 0.0295. The fourth-order valence-electron chi connectivity index (χ4n) is 3.20. The highest BCUT2D eigenvalue weighted by Gasteiger charge is 2.32. The van der Waals surface area contributed by atoms with E-state index < -0.39 is 9.85 Å². The quantitative estimate of drug-likeness (QED) is 0.673. The van der Waals surface area contributed by atoms with Gasteiger partial charge >= 0.3 is 0 Å². The number of benzene rings is 1. The second-order valence-corrected chi connectivity index (χ2v) is 5.56. The summed E-state index contributed by atoms with van der Waals surface area (Å²) in [5, 5.41) is 25.5. The molecule has 2 aliphatic heterocycles. The average molecular weight is 292 g/mol. The van der Waals surface area contributed by atoms with E-state index in [9.17, 15) is 20.2 Å². The number of anilines is 1. The standard InChI is InChI=1S/C13H16N4O4/c18-16(19)11-3-4-12(13(7-11)17(20)21)15-6-5-9-1-2-10(8-15)14-9/h3-4,7,9-10,14H,1-2,5-6,8H2. The highest BCUT2D eigenvalue weighted by atomic mass is 16.6. The van der Waals surface area contributed by atoms with E-state index in [2.05, 4.69) is 5.32 Å². The first-order chi connectivity index (χ1) is 10.0. The number of non-ortho nitro benzene ring substituents is 1. The number of fused-ring (bicyclic) bond motifs is 2. The monoisotopic (exact) mass is 292 g/mol. The van der Waals surface area contributed by atoms with Crippen LogP contribution < -0.4 is 10.2 Å². The van der Waals surface area contributed by atoms with Gasteiger partial charge in [0.15, 0.2) is 0 Å². The van der Waals surface area contributed by atoms with Gasteiger partial charge in [-0.2, -0.15) is 0 Å². The second-order valence-electron chi connectivity index (χ2n) is 5.56. The Labute approximate surface area is 121 Å². The van der Waals surface area contributed by atoms with Gasteiger partial charge < -0.3 is 10.2 Å². The van der Waals surface area contributed by atoms with E-state index in [-0.39, 0.29) is 11.4 Å². The molecule has 112 valence electrons. The summed E-state index contributed by atoms with van der Waals surface area (Å²) >= 11 is 0. The zero-order chi connectivity index (χ0) is 15.0. The van der Waals surface area contributed by atoms with Crippen LogP contribution >= 0.6 is 0 Å². The van der Waals surface area contributed by atoms with Crippen LogP contribution in [0.1, 0.15) is 19.3 Å². The molecule has 21 heavy (non-hydrogen) atoms. The maximum atomic E-state index is 11.2. The number of hydrogen-bond donors (Lipinski definition) is 1. The van der Waals surface area contributed by atoms with Crippen LogP contribution in [0, 0.1) is 20.2 Å². The third-order valence-electron chi connectivity index (χ3n) is 4.23. The van der Waals surface area contributed by atoms with Crippen LogP contribution in [0.25, 0.3) is 0 Å². The van der Waals surface area contributed by atoms with Crippen molar-refractivity contribution in [2.45, 2.75) is 31.3 Å². The Balaban J connectivity index is 1.93. The number of nitro groups is 2. The van der Waals surface area contributed by atoms with E-state index in [1.54, 1.807) is 0 Å². The lowest BCUT2D eigenvalue weighted by Crippen LogP contribution is -2.35. The maximum Gasteiger partial charge on any atom is 0.299 e. The molecule has 0 amide bonds. The summed E-state index contributed by atoms with van der Waals surface area (Å²) in [4.78, 5) is 22.8. The van der Waals surface area contributed by atoms with Gasteiger partial charge in [-0.25, -0.2) is 0 Å². The molecule has 2 unspecified atom stereocenters. The van der Waals surface area contributed by atoms with Gasteiger partial charge in [0.25, 0.3) is 11.4 Å². The molecule has 0 radical (unpaired) electrons. The molecule has 1 aromatic rings. The highest BCUT2D eigenvalue weighted by Crippen LogP contribution is 2.34. The van der Waals surface area contributed by atoms with Gasteiger partial charge in [0.1, 0.15) is 5.69 Å². The third-order valence-corrected chi connectivity index (χ3v) is 4.23. The van der Waals surface area contributed by atoms with Crippen molar-refractivity contribution in [2.24, 2.45) is 0 Å². The molecule has 0 spiro atoms. The Bertz CT molecular complexity index is 592. The first-order valence-corrected chi connectivity index (χ1v) is 6.98. The van der Waals surface area contributed by atoms with Crippen molar-refractivity contribution in [1.29, 1.82) is 0 Å². The van der Waals surface area contributed by atoms with Gasteiger partial charge in [0.05, 0.1) is 15.9 Å². The second kappa shape index (κ2) is 5.28. The summed E-state index contributed by atoms with van der Waals surface area (Å²) in [6.45, 7) is 1.43. The van der Waals surface area contributed by atoms with E-state index in [0.29, 0.717) is 24.3 Å². The number of hydrogen-bond acceptors (Lipinski definition) is 6. The molecule has 0 saturated carbocycles. The summed E-state index contributed by atoms with van der Waals surface area (Å²) in [6.07, 6.45) is 3.16. The lowest BCUT2D eigenvalue weighted by atomic mass is 10.1. The zero-order valence-electron chi connectivity index (χ0n) is 11.4. The van der Waals surface area contributed by atoms with Crippen molar-refractivity contribution < 1.29 is 9.85 Å². The maximum absolute atomic E-state index is 11.2. The smallest absolute Gasteiger partial charge is 0.299 e. The van der Waals surface area contributed by atoms with Crippen molar-refractivity contribution in [3.63, 3.8) is 0 Å². The van der Waals surface area contributed by atoms with Crippen LogP contribution in [0.2, 0.25) is 0 Å². The van der Waals surface area contributed by atoms with Gasteiger partial charge in [0, 0.05) is 31.2 Å². The van der Waals surface area contributed by atoms with Crippen LogP contribution in [0.5, 0.6) is 0 Å². The molecule has 2 saturated heterocycles. The summed E-state index contributed by atoms with van der Waals surface area (Å²) in [6, 6.07) is 4.70. The minimum Gasteiger partial charge on any atom is -0.364 e. The Hall–Kier alpha value is -2.22. The molecule has 0 aromatic heterocycles. The van der Waals surface area contributed by atoms with Crippen molar-refractivity contribution in [2.75, 3.05) is 18.0 Å². The molecule has 2 atom stereocenters. The van der Waals surface area contributed by atoms with Gasteiger partial charge in [-0.3, -0.25) is 20.2 Å². The molecule has 1 N–H and O–H groups in total. The number of nitro benzene ring substituents is 2. The fraction of sp³-hybridized carbons (Fsp3) is 0.538. The van der Waals surface area contributed by atoms with Gasteiger partial charge in [0.2, 0.25) is 0 Å². The van der Waals surface area contributed by atoms with E-state index in [1.165, 1.54) is 12.1 Å². The third kappa shape index (κ3) is 2.66. The van der Waals surface area contributed by atoms with Crippen LogP contribution in [-0.2, 0) is 0 Å². The van der Waals surface area contributed by atoms with Crippen LogP contribution in [0.15, 0.2) is 18.2 Å². The summed E-state index contributed by atoms with van der Waals surface area (Å²) < 4.78 is 0. The Morgan fingerprint density at radius 1 is 1.10 bits per heavy atom. The summed E-state index contributed by atoms with van der Waals surface area (Å²) in [7, 11) is 0.